The summed E-state index contributed by atoms with van der Waals surface area (Å²) in [6, 6.07) is 6.94. The fraction of sp³-hybridized carbons (Fsp3) is 0.286. The number of aryl methyl sites for hydroxylation is 1. The number of benzene rings is 1. The Labute approximate surface area is 125 Å². The van der Waals surface area contributed by atoms with Crippen molar-refractivity contribution in [3.8, 4) is 17.4 Å². The number of hydrogen-bond acceptors (Lipinski definition) is 5. The van der Waals surface area contributed by atoms with E-state index in [1.165, 1.54) is 0 Å². The minimum atomic E-state index is -0.0460. The summed E-state index contributed by atoms with van der Waals surface area (Å²) in [5.41, 5.74) is 0.757. The smallest absolute Gasteiger partial charge is 0.223 e. The molecule has 106 valence electrons. The van der Waals surface area contributed by atoms with Crippen LogP contribution in [0.1, 0.15) is 18.3 Å². The minimum Gasteiger partial charge on any atom is -0.493 e. The molecule has 2 rings (SSSR count). The summed E-state index contributed by atoms with van der Waals surface area (Å²) < 4.78 is 11.7. The maximum Gasteiger partial charge on any atom is 0.223 e. The van der Waals surface area contributed by atoms with E-state index in [9.17, 15) is 0 Å². The Bertz CT molecular complexity index is 605. The van der Waals surface area contributed by atoms with E-state index in [0.717, 1.165) is 12.0 Å². The van der Waals surface area contributed by atoms with E-state index in [0.29, 0.717) is 27.8 Å². The van der Waals surface area contributed by atoms with Gasteiger partial charge in [-0.3, -0.25) is 0 Å². The van der Waals surface area contributed by atoms with Gasteiger partial charge in [-0.2, -0.15) is 4.98 Å². The molecule has 0 aliphatic rings. The molecular formula is C14H15BrN2O3. The summed E-state index contributed by atoms with van der Waals surface area (Å²) in [5.74, 6) is 2.22. The Morgan fingerprint density at radius 3 is 2.65 bits per heavy atom. The molecule has 20 heavy (non-hydrogen) atoms. The first-order valence-corrected chi connectivity index (χ1v) is 6.94. The second kappa shape index (κ2) is 6.67. The highest BCUT2D eigenvalue weighted by Gasteiger charge is 2.09. The molecule has 0 saturated heterocycles. The summed E-state index contributed by atoms with van der Waals surface area (Å²) in [4.78, 5) is 8.52. The molecule has 0 fully saturated rings. The summed E-state index contributed by atoms with van der Waals surface area (Å²) in [6.07, 6.45) is 0.719. The maximum atomic E-state index is 9.12. The topological polar surface area (TPSA) is 64.5 Å². The van der Waals surface area contributed by atoms with Gasteiger partial charge < -0.3 is 14.6 Å². The molecule has 0 aliphatic carbocycles. The lowest BCUT2D eigenvalue weighted by molar-refractivity contribution is 0.280. The summed E-state index contributed by atoms with van der Waals surface area (Å²) in [6.45, 7) is 1.93. The maximum absolute atomic E-state index is 9.12. The van der Waals surface area contributed by atoms with Gasteiger partial charge in [-0.15, -0.1) is 0 Å². The monoisotopic (exact) mass is 338 g/mol. The Morgan fingerprint density at radius 1 is 1.20 bits per heavy atom. The van der Waals surface area contributed by atoms with Crippen LogP contribution in [0.25, 0.3) is 0 Å². The van der Waals surface area contributed by atoms with Crippen LogP contribution in [0.4, 0.5) is 0 Å². The van der Waals surface area contributed by atoms with Crippen molar-refractivity contribution in [2.24, 2.45) is 0 Å². The summed E-state index contributed by atoms with van der Waals surface area (Å²) in [7, 11) is 1.55. The van der Waals surface area contributed by atoms with Crippen molar-refractivity contribution in [3.05, 3.63) is 40.3 Å². The molecule has 0 spiro atoms. The molecule has 0 radical (unpaired) electrons. The number of nitrogens with zero attached hydrogens (tertiary/aromatic N) is 2. The third-order valence-corrected chi connectivity index (χ3v) is 3.07. The van der Waals surface area contributed by atoms with E-state index in [2.05, 4.69) is 25.9 Å². The highest BCUT2D eigenvalue weighted by molar-refractivity contribution is 9.10. The molecule has 0 saturated carbocycles. The van der Waals surface area contributed by atoms with Crippen molar-refractivity contribution in [1.29, 1.82) is 0 Å². The molecule has 1 aromatic heterocycles. The van der Waals surface area contributed by atoms with Crippen molar-refractivity contribution < 1.29 is 14.6 Å². The van der Waals surface area contributed by atoms with Gasteiger partial charge in [-0.25, -0.2) is 4.98 Å². The summed E-state index contributed by atoms with van der Waals surface area (Å²) >= 11 is 3.33. The van der Waals surface area contributed by atoms with E-state index in [4.69, 9.17) is 14.6 Å². The highest BCUT2D eigenvalue weighted by atomic mass is 79.9. The first kappa shape index (κ1) is 14.7. The standard InChI is InChI=1S/C14H15BrN2O3/c1-3-13-16-12(15)7-14(17-13)20-10-5-4-9(8-18)6-11(10)19-2/h4-7,18H,3,8H2,1-2H3. The quantitative estimate of drug-likeness (QED) is 0.848. The van der Waals surface area contributed by atoms with E-state index in [1.807, 2.05) is 6.92 Å². The lowest BCUT2D eigenvalue weighted by Gasteiger charge is -2.11. The zero-order chi connectivity index (χ0) is 14.5. The van der Waals surface area contributed by atoms with Crippen molar-refractivity contribution in [1.82, 2.24) is 9.97 Å². The molecule has 0 bridgehead atoms. The molecule has 6 heteroatoms. The van der Waals surface area contributed by atoms with Crippen molar-refractivity contribution in [3.63, 3.8) is 0 Å². The third-order valence-electron chi connectivity index (χ3n) is 2.66. The lowest BCUT2D eigenvalue weighted by Crippen LogP contribution is -1.98. The van der Waals surface area contributed by atoms with E-state index in [1.54, 1.807) is 31.4 Å². The van der Waals surface area contributed by atoms with Crippen LogP contribution in [-0.2, 0) is 13.0 Å². The fourth-order valence-corrected chi connectivity index (χ4v) is 2.06. The van der Waals surface area contributed by atoms with Gasteiger partial charge in [-0.05, 0) is 33.6 Å². The van der Waals surface area contributed by atoms with Crippen LogP contribution in [0, 0.1) is 0 Å². The lowest BCUT2D eigenvalue weighted by atomic mass is 10.2. The number of hydrogen-bond donors (Lipinski definition) is 1. The molecule has 0 atom stereocenters. The number of methoxy groups -OCH3 is 1. The number of aromatic nitrogens is 2. The van der Waals surface area contributed by atoms with Crippen molar-refractivity contribution in [2.45, 2.75) is 20.0 Å². The Kier molecular flexibility index (Phi) is 4.92. The Balaban J connectivity index is 2.31. The van der Waals surface area contributed by atoms with Gasteiger partial charge in [0.2, 0.25) is 5.88 Å². The minimum absolute atomic E-state index is 0.0460. The van der Waals surface area contributed by atoms with E-state index < -0.39 is 0 Å². The molecule has 1 heterocycles. The van der Waals surface area contributed by atoms with Crippen LogP contribution in [0.5, 0.6) is 17.4 Å². The Hall–Kier alpha value is -1.66. The fourth-order valence-electron chi connectivity index (χ4n) is 1.66. The van der Waals surface area contributed by atoms with Crippen molar-refractivity contribution in [2.75, 3.05) is 7.11 Å². The van der Waals surface area contributed by atoms with Gasteiger partial charge in [0.05, 0.1) is 13.7 Å². The highest BCUT2D eigenvalue weighted by Crippen LogP contribution is 2.32. The van der Waals surface area contributed by atoms with Crippen LogP contribution in [0.15, 0.2) is 28.9 Å². The molecule has 0 aliphatic heterocycles. The van der Waals surface area contributed by atoms with Gasteiger partial charge in [0, 0.05) is 12.5 Å². The first-order chi connectivity index (χ1) is 9.66. The molecular weight excluding hydrogens is 324 g/mol. The van der Waals surface area contributed by atoms with Crippen LogP contribution in [0.2, 0.25) is 0 Å². The van der Waals surface area contributed by atoms with E-state index in [-0.39, 0.29) is 6.61 Å². The van der Waals surface area contributed by atoms with Gasteiger partial charge >= 0.3 is 0 Å². The van der Waals surface area contributed by atoms with Gasteiger partial charge in [0.1, 0.15) is 10.4 Å². The number of aliphatic hydroxyl groups is 1. The molecule has 2 aromatic rings. The zero-order valence-corrected chi connectivity index (χ0v) is 12.8. The largest absolute Gasteiger partial charge is 0.493 e. The normalized spacial score (nSPS) is 10.4. The second-order valence-corrected chi connectivity index (χ2v) is 4.86. The average molecular weight is 339 g/mol. The average Bonchev–Trinajstić information content (AvgIpc) is 2.47. The third kappa shape index (κ3) is 3.46. The number of rotatable bonds is 5. The van der Waals surface area contributed by atoms with Crippen LogP contribution in [0.3, 0.4) is 0 Å². The van der Waals surface area contributed by atoms with Crippen LogP contribution in [-0.4, -0.2) is 22.2 Å². The van der Waals surface area contributed by atoms with E-state index >= 15 is 0 Å². The first-order valence-electron chi connectivity index (χ1n) is 6.15. The van der Waals surface area contributed by atoms with Gasteiger partial charge in [-0.1, -0.05) is 13.0 Å². The molecule has 1 N–H and O–H groups in total. The SMILES string of the molecule is CCc1nc(Br)cc(Oc2ccc(CO)cc2OC)n1. The number of ether oxygens (including phenoxy) is 2. The van der Waals surface area contributed by atoms with Crippen LogP contribution >= 0.6 is 15.9 Å². The van der Waals surface area contributed by atoms with Gasteiger partial charge in [0.15, 0.2) is 11.5 Å². The molecule has 0 amide bonds. The predicted molar refractivity (Wildman–Crippen MR) is 78.1 cm³/mol. The zero-order valence-electron chi connectivity index (χ0n) is 11.3. The predicted octanol–water partition coefficient (Wildman–Crippen LogP) is 3.09. The number of halogens is 1. The van der Waals surface area contributed by atoms with Crippen molar-refractivity contribution >= 4 is 15.9 Å². The number of aliphatic hydroxyl groups excluding tert-OH is 1. The second-order valence-electron chi connectivity index (χ2n) is 4.04. The summed E-state index contributed by atoms with van der Waals surface area (Å²) in [5, 5.41) is 9.12. The molecule has 5 nitrogen and oxygen atoms in total. The Morgan fingerprint density at radius 2 is 2.00 bits per heavy atom. The van der Waals surface area contributed by atoms with Gasteiger partial charge in [0.25, 0.3) is 0 Å². The molecule has 1 aromatic carbocycles. The molecule has 0 unspecified atom stereocenters. The van der Waals surface area contributed by atoms with Crippen LogP contribution < -0.4 is 9.47 Å².